The Balaban J connectivity index is 2.08. The van der Waals surface area contributed by atoms with Crippen LogP contribution >= 0.6 is 11.6 Å². The van der Waals surface area contributed by atoms with E-state index in [1.54, 1.807) is 0 Å². The van der Waals surface area contributed by atoms with E-state index in [9.17, 15) is 0 Å². The molecule has 0 saturated carbocycles. The minimum absolute atomic E-state index is 0.0881. The Morgan fingerprint density at radius 2 is 1.74 bits per heavy atom. The number of benzene rings is 2. The lowest BCUT2D eigenvalue weighted by molar-refractivity contribution is 0.290. The number of halogens is 1. The number of rotatable bonds is 1. The van der Waals surface area contributed by atoms with Gasteiger partial charge in [0.2, 0.25) is 0 Å². The van der Waals surface area contributed by atoms with Crippen molar-refractivity contribution in [3.8, 4) is 5.75 Å². The third-order valence-corrected chi connectivity index (χ3v) is 3.72. The molecule has 1 unspecified atom stereocenters. The first kappa shape index (κ1) is 12.5. The van der Waals surface area contributed by atoms with Crippen LogP contribution in [0.3, 0.4) is 0 Å². The second kappa shape index (κ2) is 5.64. The zero-order valence-corrected chi connectivity index (χ0v) is 11.4. The van der Waals surface area contributed by atoms with Crippen LogP contribution < -0.4 is 10.1 Å². The average Bonchev–Trinajstić information content (AvgIpc) is 2.41. The number of nitrogens with one attached hydrogen (secondary N) is 1. The molecule has 1 heterocycles. The molecular formula is C16H16ClNO. The summed E-state index contributed by atoms with van der Waals surface area (Å²) in [5.41, 5.74) is 2.25. The standard InChI is InChI=1S/C16H16ClNO/c17-14-8-3-1-6-12(14)16-13-7-2-4-9-15(13)19-11-5-10-18-16/h1-4,6-9,16,18H,5,10-11H2. The van der Waals surface area contributed by atoms with Crippen molar-refractivity contribution in [2.24, 2.45) is 0 Å². The molecule has 2 aromatic rings. The molecule has 3 heteroatoms. The Morgan fingerprint density at radius 3 is 2.58 bits per heavy atom. The van der Waals surface area contributed by atoms with Gasteiger partial charge in [0.15, 0.2) is 0 Å². The average molecular weight is 274 g/mol. The lowest BCUT2D eigenvalue weighted by Gasteiger charge is -2.25. The Labute approximate surface area is 118 Å². The summed E-state index contributed by atoms with van der Waals surface area (Å²) in [6.45, 7) is 1.67. The molecule has 0 fully saturated rings. The van der Waals surface area contributed by atoms with Crippen molar-refractivity contribution in [3.63, 3.8) is 0 Å². The van der Waals surface area contributed by atoms with Gasteiger partial charge in [0.05, 0.1) is 12.6 Å². The first-order valence-electron chi connectivity index (χ1n) is 6.56. The molecule has 0 spiro atoms. The summed E-state index contributed by atoms with van der Waals surface area (Å²) in [6, 6.07) is 16.2. The summed E-state index contributed by atoms with van der Waals surface area (Å²) in [5.74, 6) is 0.944. The molecule has 0 aromatic heterocycles. The van der Waals surface area contributed by atoms with E-state index in [0.717, 1.165) is 41.5 Å². The third kappa shape index (κ3) is 2.60. The van der Waals surface area contributed by atoms with Crippen molar-refractivity contribution >= 4 is 11.6 Å². The van der Waals surface area contributed by atoms with Crippen molar-refractivity contribution in [2.45, 2.75) is 12.5 Å². The molecule has 1 N–H and O–H groups in total. The number of hydrogen-bond acceptors (Lipinski definition) is 2. The van der Waals surface area contributed by atoms with Crippen molar-refractivity contribution in [1.29, 1.82) is 0 Å². The molecule has 0 saturated heterocycles. The highest BCUT2D eigenvalue weighted by atomic mass is 35.5. The number of ether oxygens (including phenoxy) is 1. The molecule has 2 aromatic carbocycles. The van der Waals surface area contributed by atoms with Gasteiger partial charge >= 0.3 is 0 Å². The molecule has 1 aliphatic heterocycles. The van der Waals surface area contributed by atoms with Gasteiger partial charge in [-0.2, -0.15) is 0 Å². The van der Waals surface area contributed by atoms with E-state index in [1.807, 2.05) is 36.4 Å². The summed E-state index contributed by atoms with van der Waals surface area (Å²) in [7, 11) is 0. The van der Waals surface area contributed by atoms with Gasteiger partial charge in [-0.1, -0.05) is 48.0 Å². The fraction of sp³-hybridized carbons (Fsp3) is 0.250. The van der Waals surface area contributed by atoms with Crippen LogP contribution in [-0.2, 0) is 0 Å². The van der Waals surface area contributed by atoms with Crippen LogP contribution in [-0.4, -0.2) is 13.2 Å². The van der Waals surface area contributed by atoms with Gasteiger partial charge in [-0.25, -0.2) is 0 Å². The van der Waals surface area contributed by atoms with Gasteiger partial charge in [0.25, 0.3) is 0 Å². The van der Waals surface area contributed by atoms with Crippen molar-refractivity contribution in [3.05, 3.63) is 64.7 Å². The molecular weight excluding hydrogens is 258 g/mol. The molecule has 0 aliphatic carbocycles. The molecule has 0 amide bonds. The lowest BCUT2D eigenvalue weighted by Crippen LogP contribution is -2.27. The topological polar surface area (TPSA) is 21.3 Å². The fourth-order valence-electron chi connectivity index (χ4n) is 2.45. The van der Waals surface area contributed by atoms with Crippen LogP contribution in [0.5, 0.6) is 5.75 Å². The highest BCUT2D eigenvalue weighted by Crippen LogP contribution is 2.34. The number of fused-ring (bicyclic) bond motifs is 1. The number of hydrogen-bond donors (Lipinski definition) is 1. The maximum Gasteiger partial charge on any atom is 0.124 e. The summed E-state index contributed by atoms with van der Waals surface area (Å²) in [6.07, 6.45) is 0.995. The maximum absolute atomic E-state index is 6.34. The quantitative estimate of drug-likeness (QED) is 0.853. The Bertz CT molecular complexity index is 570. The van der Waals surface area contributed by atoms with Gasteiger partial charge in [-0.3, -0.25) is 0 Å². The van der Waals surface area contributed by atoms with E-state index < -0.39 is 0 Å². The van der Waals surface area contributed by atoms with Gasteiger partial charge in [0.1, 0.15) is 5.75 Å². The largest absolute Gasteiger partial charge is 0.493 e. The van der Waals surface area contributed by atoms with Gasteiger partial charge in [-0.15, -0.1) is 0 Å². The van der Waals surface area contributed by atoms with E-state index in [0.29, 0.717) is 0 Å². The fourth-order valence-corrected chi connectivity index (χ4v) is 2.69. The van der Waals surface area contributed by atoms with Crippen LogP contribution in [0.2, 0.25) is 5.02 Å². The van der Waals surface area contributed by atoms with Crippen LogP contribution in [0.1, 0.15) is 23.6 Å². The van der Waals surface area contributed by atoms with E-state index >= 15 is 0 Å². The van der Waals surface area contributed by atoms with Crippen molar-refractivity contribution < 1.29 is 4.74 Å². The first-order valence-corrected chi connectivity index (χ1v) is 6.93. The molecule has 1 atom stereocenters. The zero-order valence-electron chi connectivity index (χ0n) is 10.6. The second-order valence-electron chi connectivity index (χ2n) is 4.65. The molecule has 0 bridgehead atoms. The minimum Gasteiger partial charge on any atom is -0.493 e. The predicted octanol–water partition coefficient (Wildman–Crippen LogP) is 3.80. The lowest BCUT2D eigenvalue weighted by atomic mass is 9.97. The summed E-state index contributed by atoms with van der Waals surface area (Å²) in [4.78, 5) is 0. The predicted molar refractivity (Wildman–Crippen MR) is 77.9 cm³/mol. The van der Waals surface area contributed by atoms with E-state index in [1.165, 1.54) is 0 Å². The highest BCUT2D eigenvalue weighted by molar-refractivity contribution is 6.31. The van der Waals surface area contributed by atoms with Crippen molar-refractivity contribution in [1.82, 2.24) is 5.32 Å². The zero-order chi connectivity index (χ0) is 13.1. The molecule has 3 rings (SSSR count). The highest BCUT2D eigenvalue weighted by Gasteiger charge is 2.21. The van der Waals surface area contributed by atoms with Crippen LogP contribution in [0.15, 0.2) is 48.5 Å². The number of para-hydroxylation sites is 1. The van der Waals surface area contributed by atoms with Crippen LogP contribution in [0.4, 0.5) is 0 Å². The molecule has 1 aliphatic rings. The maximum atomic E-state index is 6.34. The summed E-state index contributed by atoms with van der Waals surface area (Å²) >= 11 is 6.34. The van der Waals surface area contributed by atoms with Gasteiger partial charge < -0.3 is 10.1 Å². The normalized spacial score (nSPS) is 18.9. The van der Waals surface area contributed by atoms with Crippen LogP contribution in [0, 0.1) is 0 Å². The third-order valence-electron chi connectivity index (χ3n) is 3.37. The Kier molecular flexibility index (Phi) is 3.72. The Morgan fingerprint density at radius 1 is 1.00 bits per heavy atom. The molecule has 19 heavy (non-hydrogen) atoms. The van der Waals surface area contributed by atoms with Gasteiger partial charge in [0, 0.05) is 10.6 Å². The molecule has 2 nitrogen and oxygen atoms in total. The minimum atomic E-state index is 0.0881. The summed E-state index contributed by atoms with van der Waals surface area (Å²) in [5, 5.41) is 4.36. The van der Waals surface area contributed by atoms with E-state index in [4.69, 9.17) is 16.3 Å². The second-order valence-corrected chi connectivity index (χ2v) is 5.06. The SMILES string of the molecule is Clc1ccccc1C1NCCCOc2ccccc21. The smallest absolute Gasteiger partial charge is 0.124 e. The molecule has 0 radical (unpaired) electrons. The first-order chi connectivity index (χ1) is 9.36. The van der Waals surface area contributed by atoms with Crippen LogP contribution in [0.25, 0.3) is 0 Å². The summed E-state index contributed by atoms with van der Waals surface area (Å²) < 4.78 is 5.84. The monoisotopic (exact) mass is 273 g/mol. The van der Waals surface area contributed by atoms with Gasteiger partial charge in [-0.05, 0) is 30.7 Å². The van der Waals surface area contributed by atoms with E-state index in [2.05, 4.69) is 17.4 Å². The Hall–Kier alpha value is -1.51. The van der Waals surface area contributed by atoms with Crippen molar-refractivity contribution in [2.75, 3.05) is 13.2 Å². The molecule has 98 valence electrons. The van der Waals surface area contributed by atoms with E-state index in [-0.39, 0.29) is 6.04 Å².